The molecule has 6 heteroatoms. The summed E-state index contributed by atoms with van der Waals surface area (Å²) in [6.07, 6.45) is 0. The Morgan fingerprint density at radius 1 is 0.682 bits per heavy atom. The molecule has 4 aromatic rings. The van der Waals surface area contributed by atoms with Crippen molar-refractivity contribution in [2.75, 3.05) is 0 Å². The number of rotatable bonds is 1. The van der Waals surface area contributed by atoms with Crippen LogP contribution in [0.2, 0.25) is 0 Å². The topological polar surface area (TPSA) is 77.7 Å². The predicted molar refractivity (Wildman–Crippen MR) is 89.9 cm³/mol. The van der Waals surface area contributed by atoms with Crippen LogP contribution in [0.3, 0.4) is 0 Å². The van der Waals surface area contributed by atoms with Gasteiger partial charge in [0.15, 0.2) is 0 Å². The first-order chi connectivity index (χ1) is 10.5. The average Bonchev–Trinajstić information content (AvgIpc) is 2.98. The van der Waals surface area contributed by atoms with Gasteiger partial charge >= 0.3 is 0 Å². The van der Waals surface area contributed by atoms with Gasteiger partial charge in [-0.2, -0.15) is 0 Å². The molecule has 2 aromatic carbocycles. The smallest absolute Gasteiger partial charge is 0.0544 e. The Balaban J connectivity index is 2.03. The minimum atomic E-state index is -0.181. The van der Waals surface area contributed by atoms with E-state index in [9.17, 15) is 10.2 Å². The number of hydrogen-bond acceptors (Lipinski definition) is 2. The molecule has 0 saturated carbocycles. The van der Waals surface area contributed by atoms with Crippen LogP contribution in [0.15, 0.2) is 45.3 Å². The molecule has 0 aliphatic rings. The Hall–Kier alpha value is -1.92. The Kier molecular flexibility index (Phi) is 2.99. The van der Waals surface area contributed by atoms with Gasteiger partial charge in [-0.05, 0) is 47.2 Å². The van der Waals surface area contributed by atoms with Crippen LogP contribution in [0.25, 0.3) is 33.2 Å². The number of H-pyrrole nitrogens is 2. The van der Waals surface area contributed by atoms with Crippen molar-refractivity contribution < 1.29 is 10.2 Å². The molecule has 4 rings (SSSR count). The first-order valence-corrected chi connectivity index (χ1v) is 8.10. The van der Waals surface area contributed by atoms with Gasteiger partial charge in [0.1, 0.15) is 0 Å². The van der Waals surface area contributed by atoms with Crippen molar-refractivity contribution in [3.63, 3.8) is 0 Å². The van der Waals surface area contributed by atoms with Crippen molar-refractivity contribution in [1.29, 1.82) is 0 Å². The van der Waals surface area contributed by atoms with Crippen LogP contribution in [-0.2, 0) is 0 Å². The number of benzene rings is 2. The highest BCUT2D eigenvalue weighted by Gasteiger charge is 2.11. The van der Waals surface area contributed by atoms with E-state index in [0.29, 0.717) is 33.2 Å². The van der Waals surface area contributed by atoms with E-state index in [4.69, 9.17) is 0 Å². The molecule has 0 amide bonds. The van der Waals surface area contributed by atoms with Gasteiger partial charge in [-0.1, -0.05) is 43.4 Å². The molecule has 0 aliphatic carbocycles. The Labute approximate surface area is 142 Å². The van der Waals surface area contributed by atoms with Gasteiger partial charge in [-0.3, -0.25) is 0 Å². The van der Waals surface area contributed by atoms with Gasteiger partial charge in [-0.25, -0.2) is 0 Å². The molecule has 4 nitrogen and oxygen atoms in total. The van der Waals surface area contributed by atoms with Gasteiger partial charge in [0.2, 0.25) is 0 Å². The molecule has 22 heavy (non-hydrogen) atoms. The van der Waals surface area contributed by atoms with E-state index >= 15 is 0 Å². The zero-order valence-electron chi connectivity index (χ0n) is 11.0. The van der Waals surface area contributed by atoms with E-state index in [1.165, 1.54) is 0 Å². The molecule has 0 spiro atoms. The number of aromatic amines is 2. The lowest BCUT2D eigenvalue weighted by Crippen LogP contribution is -1.95. The maximum Gasteiger partial charge on any atom is 0.0544 e. The molecule has 0 radical (unpaired) electrons. The van der Waals surface area contributed by atoms with E-state index in [-0.39, 0.29) is 11.5 Å². The predicted octanol–water partition coefficient (Wildman–Crippen LogP) is 3.99. The summed E-state index contributed by atoms with van der Waals surface area (Å²) < 4.78 is 1.65. The van der Waals surface area contributed by atoms with Crippen molar-refractivity contribution in [2.24, 2.45) is 0 Å². The van der Waals surface area contributed by atoms with Gasteiger partial charge < -0.3 is 20.2 Å². The molecule has 0 bridgehead atoms. The second-order valence-electron chi connectivity index (χ2n) is 5.04. The van der Waals surface area contributed by atoms with Crippen LogP contribution in [0.5, 0.6) is 11.5 Å². The summed E-state index contributed by atoms with van der Waals surface area (Å²) in [5, 5.41) is 26.2. The van der Waals surface area contributed by atoms with Crippen molar-refractivity contribution in [3.05, 3.63) is 45.3 Å². The minimum Gasteiger partial charge on any atom is -0.871 e. The fourth-order valence-electron chi connectivity index (χ4n) is 2.63. The normalized spacial score (nSPS) is 11.5. The lowest BCUT2D eigenvalue weighted by atomic mass is 10.2. The zero-order valence-corrected chi connectivity index (χ0v) is 14.2. The number of hydrogen-bond donors (Lipinski definition) is 2. The highest BCUT2D eigenvalue weighted by Crippen LogP contribution is 2.41. The zero-order chi connectivity index (χ0) is 15.4. The van der Waals surface area contributed by atoms with E-state index in [1.807, 2.05) is 24.3 Å². The molecule has 0 atom stereocenters. The summed E-state index contributed by atoms with van der Waals surface area (Å²) in [6, 6.07) is 10.8. The van der Waals surface area contributed by atoms with E-state index < -0.39 is 0 Å². The minimum absolute atomic E-state index is 0.181. The molecule has 110 valence electrons. The van der Waals surface area contributed by atoms with Gasteiger partial charge in [0.05, 0.1) is 11.4 Å². The largest absolute Gasteiger partial charge is 0.871 e. The molecule has 2 aromatic heterocycles. The summed E-state index contributed by atoms with van der Waals surface area (Å²) in [7, 11) is 0. The average molecular weight is 420 g/mol. The molecular formula is C16H8Br2N2O2-2. The molecule has 0 fully saturated rings. The molecule has 2 N–H and O–H groups in total. The summed E-state index contributed by atoms with van der Waals surface area (Å²) in [5.41, 5.74) is 2.01. The van der Waals surface area contributed by atoms with Crippen molar-refractivity contribution in [1.82, 2.24) is 9.97 Å². The van der Waals surface area contributed by atoms with Gasteiger partial charge in [-0.15, -0.1) is 0 Å². The van der Waals surface area contributed by atoms with Gasteiger partial charge in [0, 0.05) is 20.0 Å². The quantitative estimate of drug-likeness (QED) is 0.489. The fourth-order valence-corrected chi connectivity index (χ4v) is 3.35. The SMILES string of the molecule is [O-]c1c(-c2[nH]c3ccc(Br)cc3c2[O-])[nH]c2ccc(Br)cc12. The second kappa shape index (κ2) is 4.79. The molecule has 0 saturated heterocycles. The Bertz CT molecular complexity index is 950. The van der Waals surface area contributed by atoms with Crippen LogP contribution in [-0.4, -0.2) is 9.97 Å². The third-order valence-electron chi connectivity index (χ3n) is 3.68. The first-order valence-electron chi connectivity index (χ1n) is 6.51. The van der Waals surface area contributed by atoms with Crippen LogP contribution in [0.1, 0.15) is 0 Å². The maximum atomic E-state index is 12.6. The highest BCUT2D eigenvalue weighted by molar-refractivity contribution is 9.10. The van der Waals surface area contributed by atoms with Crippen molar-refractivity contribution >= 4 is 53.7 Å². The van der Waals surface area contributed by atoms with Crippen LogP contribution in [0, 0.1) is 0 Å². The van der Waals surface area contributed by atoms with Crippen molar-refractivity contribution in [3.8, 4) is 22.9 Å². The fraction of sp³-hybridized carbons (Fsp3) is 0. The summed E-state index contributed by atoms with van der Waals surface area (Å²) in [6.45, 7) is 0. The Morgan fingerprint density at radius 3 is 1.50 bits per heavy atom. The molecular weight excluding hydrogens is 412 g/mol. The number of fused-ring (bicyclic) bond motifs is 2. The lowest BCUT2D eigenvalue weighted by Gasteiger charge is -2.11. The number of nitrogens with one attached hydrogen (secondary N) is 2. The van der Waals surface area contributed by atoms with Crippen molar-refractivity contribution in [2.45, 2.75) is 0 Å². The lowest BCUT2D eigenvalue weighted by molar-refractivity contribution is -0.268. The highest BCUT2D eigenvalue weighted by atomic mass is 79.9. The number of aromatic nitrogens is 2. The number of halogens is 2. The first kappa shape index (κ1) is 13.7. The maximum absolute atomic E-state index is 12.6. The van der Waals surface area contributed by atoms with E-state index in [0.717, 1.165) is 8.95 Å². The van der Waals surface area contributed by atoms with Crippen LogP contribution < -0.4 is 10.2 Å². The molecule has 0 unspecified atom stereocenters. The van der Waals surface area contributed by atoms with Crippen LogP contribution in [0.4, 0.5) is 0 Å². The standard InChI is InChI=1S/C16H10Br2N2O2/c17-7-1-3-11-9(5-7)15(21)13(19-11)14-16(22)10-6-8(18)2-4-12(10)20-14/h1-6,19-22H/p-2. The van der Waals surface area contributed by atoms with E-state index in [2.05, 4.69) is 41.8 Å². The molecule has 2 heterocycles. The monoisotopic (exact) mass is 418 g/mol. The summed E-state index contributed by atoms with van der Waals surface area (Å²) in [4.78, 5) is 6.09. The summed E-state index contributed by atoms with van der Waals surface area (Å²) >= 11 is 6.71. The third-order valence-corrected chi connectivity index (χ3v) is 4.66. The molecule has 0 aliphatic heterocycles. The van der Waals surface area contributed by atoms with Gasteiger partial charge in [0.25, 0.3) is 0 Å². The van der Waals surface area contributed by atoms with E-state index in [1.54, 1.807) is 12.1 Å². The second-order valence-corrected chi connectivity index (χ2v) is 6.87. The summed E-state index contributed by atoms with van der Waals surface area (Å²) in [5.74, 6) is -0.363. The van der Waals surface area contributed by atoms with Crippen LogP contribution >= 0.6 is 31.9 Å². The third kappa shape index (κ3) is 1.94. The Morgan fingerprint density at radius 2 is 1.09 bits per heavy atom.